The first-order valence-corrected chi connectivity index (χ1v) is 14.9. The van der Waals surface area contributed by atoms with Gasteiger partial charge in [-0.25, -0.2) is 0 Å². The zero-order chi connectivity index (χ0) is 32.2. The van der Waals surface area contributed by atoms with Crippen LogP contribution in [0.15, 0.2) is 72.8 Å². The summed E-state index contributed by atoms with van der Waals surface area (Å²) in [6, 6.07) is 19.8. The molecule has 1 aliphatic carbocycles. The summed E-state index contributed by atoms with van der Waals surface area (Å²) in [5.74, 6) is -3.65. The molecule has 3 aromatic carbocycles. The summed E-state index contributed by atoms with van der Waals surface area (Å²) >= 11 is 0. The fourth-order valence-electron chi connectivity index (χ4n) is 6.19. The Bertz CT molecular complexity index is 1600. The zero-order valence-electron chi connectivity index (χ0n) is 24.8. The van der Waals surface area contributed by atoms with Gasteiger partial charge in [0.2, 0.25) is 5.91 Å². The highest BCUT2D eigenvalue weighted by atomic mass is 16.6. The number of epoxide rings is 1. The average Bonchev–Trinajstić information content (AvgIpc) is 3.72. The number of carbonyl (C=O) groups excluding carboxylic acids is 4. The van der Waals surface area contributed by atoms with Gasteiger partial charge in [-0.2, -0.15) is 0 Å². The van der Waals surface area contributed by atoms with Gasteiger partial charge in [0.1, 0.15) is 0 Å². The first-order valence-electron chi connectivity index (χ1n) is 14.9. The Morgan fingerprint density at radius 3 is 2.24 bits per heavy atom. The second-order valence-electron chi connectivity index (χ2n) is 11.9. The standard InChI is InChI=1S/C34H35N3O8/c1-19(21-7-3-2-4-8-21)13-30(40)31-32(45-31)34(42)36-26(14-20-11-12-28(38)27(15-20)37(43)44)29(39)18-25(33(35)41)24-16-22-9-5-6-10-23(22)17-24/h2-12,15,19,24-26,31-32,38H,13-14,16-18H2,1H3,(H2,35,41)(H,36,42)/t19-,25-,26-,31-,32?/m1/s1. The molecule has 0 spiro atoms. The molecule has 11 nitrogen and oxygen atoms in total. The van der Waals surface area contributed by atoms with Crippen LogP contribution in [0.4, 0.5) is 5.69 Å². The number of Topliss-reactive ketones (excluding diaryl/α,β-unsaturated/α-hetero) is 2. The van der Waals surface area contributed by atoms with E-state index in [1.807, 2.05) is 61.5 Å². The van der Waals surface area contributed by atoms with Crippen LogP contribution in [0.5, 0.6) is 5.75 Å². The van der Waals surface area contributed by atoms with E-state index >= 15 is 0 Å². The number of ketones is 2. The number of ether oxygens (including phenoxy) is 1. The number of nitrogens with one attached hydrogen (secondary N) is 1. The van der Waals surface area contributed by atoms with E-state index in [1.165, 1.54) is 6.07 Å². The number of fused-ring (bicyclic) bond motifs is 1. The molecular formula is C34H35N3O8. The van der Waals surface area contributed by atoms with Crippen LogP contribution in [-0.4, -0.2) is 51.7 Å². The molecule has 2 amide bonds. The quantitative estimate of drug-likeness (QED) is 0.141. The maximum Gasteiger partial charge on any atom is 0.310 e. The van der Waals surface area contributed by atoms with Crippen molar-refractivity contribution in [2.75, 3.05) is 0 Å². The van der Waals surface area contributed by atoms with Gasteiger partial charge in [-0.05, 0) is 59.4 Å². The van der Waals surface area contributed by atoms with E-state index in [1.54, 1.807) is 0 Å². The fraction of sp³-hybridized carbons (Fsp3) is 0.353. The molecule has 3 aromatic rings. The number of nitrogens with zero attached hydrogens (tertiary/aromatic N) is 1. The Morgan fingerprint density at radius 2 is 1.62 bits per heavy atom. The van der Waals surface area contributed by atoms with Gasteiger partial charge in [0.05, 0.1) is 11.0 Å². The van der Waals surface area contributed by atoms with Crippen molar-refractivity contribution in [3.05, 3.63) is 105 Å². The average molecular weight is 614 g/mol. The van der Waals surface area contributed by atoms with E-state index in [2.05, 4.69) is 5.32 Å². The summed E-state index contributed by atoms with van der Waals surface area (Å²) in [6.07, 6.45) is -1.10. The van der Waals surface area contributed by atoms with Gasteiger partial charge < -0.3 is 20.9 Å². The molecule has 1 saturated heterocycles. The molecule has 4 N–H and O–H groups in total. The van der Waals surface area contributed by atoms with Crippen LogP contribution >= 0.6 is 0 Å². The van der Waals surface area contributed by atoms with Gasteiger partial charge in [-0.3, -0.25) is 29.3 Å². The van der Waals surface area contributed by atoms with Crippen molar-refractivity contribution >= 4 is 29.1 Å². The highest BCUT2D eigenvalue weighted by Crippen LogP contribution is 2.34. The third-order valence-corrected chi connectivity index (χ3v) is 8.76. The monoisotopic (exact) mass is 613 g/mol. The first-order chi connectivity index (χ1) is 21.5. The molecule has 0 aromatic heterocycles. The van der Waals surface area contributed by atoms with E-state index in [9.17, 15) is 34.4 Å². The molecule has 45 heavy (non-hydrogen) atoms. The molecule has 0 saturated carbocycles. The Balaban J connectivity index is 1.30. The van der Waals surface area contributed by atoms with Crippen molar-refractivity contribution in [1.82, 2.24) is 5.32 Å². The van der Waals surface area contributed by atoms with Crippen molar-refractivity contribution in [1.29, 1.82) is 0 Å². The van der Waals surface area contributed by atoms with Gasteiger partial charge >= 0.3 is 5.69 Å². The molecule has 0 radical (unpaired) electrons. The number of benzene rings is 3. The molecular weight excluding hydrogens is 578 g/mol. The van der Waals surface area contributed by atoms with Crippen molar-refractivity contribution < 1.29 is 33.9 Å². The summed E-state index contributed by atoms with van der Waals surface area (Å²) < 4.78 is 5.44. The smallest absolute Gasteiger partial charge is 0.310 e. The van der Waals surface area contributed by atoms with Crippen LogP contribution < -0.4 is 11.1 Å². The lowest BCUT2D eigenvalue weighted by Gasteiger charge is -2.23. The SMILES string of the molecule is C[C@H](CC(=O)[C@H]1OC1C(=O)N[C@H](Cc1ccc(O)c([N+](=O)[O-])c1)C(=O)C[C@@H](C(N)=O)C1Cc2ccccc2C1)c1ccccc1. The number of carbonyl (C=O) groups is 4. The summed E-state index contributed by atoms with van der Waals surface area (Å²) in [5, 5.41) is 24.0. The summed E-state index contributed by atoms with van der Waals surface area (Å²) in [5.41, 5.74) is 8.69. The van der Waals surface area contributed by atoms with Crippen molar-refractivity contribution in [3.63, 3.8) is 0 Å². The second-order valence-corrected chi connectivity index (χ2v) is 11.9. The minimum atomic E-state index is -1.20. The lowest BCUT2D eigenvalue weighted by molar-refractivity contribution is -0.385. The largest absolute Gasteiger partial charge is 0.502 e. The van der Waals surface area contributed by atoms with E-state index in [0.29, 0.717) is 18.4 Å². The Labute approximate surface area is 259 Å². The van der Waals surface area contributed by atoms with Gasteiger partial charge in [0.25, 0.3) is 5.91 Å². The molecule has 0 bridgehead atoms. The molecule has 234 valence electrons. The second kappa shape index (κ2) is 13.4. The number of hydrogen-bond donors (Lipinski definition) is 3. The first kappa shape index (κ1) is 31.5. The normalized spacial score (nSPS) is 19.1. The number of nitro groups is 1. The van der Waals surface area contributed by atoms with Crippen molar-refractivity contribution in [2.45, 2.75) is 63.2 Å². The number of primary amides is 1. The molecule has 11 heteroatoms. The molecule has 1 heterocycles. The number of nitrogens with two attached hydrogens (primary N) is 1. The lowest BCUT2D eigenvalue weighted by atomic mass is 9.83. The Morgan fingerprint density at radius 1 is 0.978 bits per heavy atom. The summed E-state index contributed by atoms with van der Waals surface area (Å²) in [7, 11) is 0. The Hall–Kier alpha value is -4.90. The number of nitro benzene ring substituents is 1. The van der Waals surface area contributed by atoms with E-state index < -0.39 is 58.1 Å². The number of hydrogen-bond acceptors (Lipinski definition) is 8. The maximum absolute atomic E-state index is 13.8. The molecule has 5 atom stereocenters. The van der Waals surface area contributed by atoms with Gasteiger partial charge in [-0.1, -0.05) is 67.6 Å². The highest BCUT2D eigenvalue weighted by molar-refractivity contribution is 5.99. The summed E-state index contributed by atoms with van der Waals surface area (Å²) in [6.45, 7) is 1.91. The minimum Gasteiger partial charge on any atom is -0.502 e. The van der Waals surface area contributed by atoms with Crippen LogP contribution in [0.1, 0.15) is 47.9 Å². The minimum absolute atomic E-state index is 0.0846. The molecule has 5 rings (SSSR count). The van der Waals surface area contributed by atoms with Gasteiger partial charge in [0.15, 0.2) is 29.5 Å². The zero-order valence-corrected chi connectivity index (χ0v) is 24.8. The van der Waals surface area contributed by atoms with Crippen molar-refractivity contribution in [2.24, 2.45) is 17.6 Å². The van der Waals surface area contributed by atoms with Crippen LogP contribution in [0.25, 0.3) is 0 Å². The maximum atomic E-state index is 13.8. The summed E-state index contributed by atoms with van der Waals surface area (Å²) in [4.78, 5) is 63.2. The number of rotatable bonds is 14. The predicted octanol–water partition coefficient (Wildman–Crippen LogP) is 3.33. The van der Waals surface area contributed by atoms with Crippen LogP contribution in [-0.2, 0) is 43.2 Å². The third-order valence-electron chi connectivity index (χ3n) is 8.76. The highest BCUT2D eigenvalue weighted by Gasteiger charge is 2.50. The number of phenolic OH excluding ortho intramolecular Hbond substituents is 1. The Kier molecular flexibility index (Phi) is 9.38. The van der Waals surface area contributed by atoms with Gasteiger partial charge in [-0.15, -0.1) is 0 Å². The third kappa shape index (κ3) is 7.43. The van der Waals surface area contributed by atoms with Crippen LogP contribution in [0.2, 0.25) is 0 Å². The van der Waals surface area contributed by atoms with Crippen molar-refractivity contribution in [3.8, 4) is 5.75 Å². The van der Waals surface area contributed by atoms with E-state index in [4.69, 9.17) is 10.5 Å². The number of amides is 2. The van der Waals surface area contributed by atoms with Crippen LogP contribution in [0, 0.1) is 22.0 Å². The molecule has 2 aliphatic rings. The van der Waals surface area contributed by atoms with Crippen LogP contribution in [0.3, 0.4) is 0 Å². The molecule has 1 aliphatic heterocycles. The fourth-order valence-corrected chi connectivity index (χ4v) is 6.19. The predicted molar refractivity (Wildman–Crippen MR) is 163 cm³/mol. The topological polar surface area (TPSA) is 182 Å². The van der Waals surface area contributed by atoms with E-state index in [0.717, 1.165) is 28.8 Å². The molecule has 1 unspecified atom stereocenters. The molecule has 1 fully saturated rings. The lowest BCUT2D eigenvalue weighted by Crippen LogP contribution is -2.46. The number of phenols is 1. The van der Waals surface area contributed by atoms with E-state index in [-0.39, 0.29) is 36.9 Å². The number of aromatic hydroxyl groups is 1. The van der Waals surface area contributed by atoms with Gasteiger partial charge in [0, 0.05) is 24.8 Å².